The fourth-order valence-corrected chi connectivity index (χ4v) is 4.17. The van der Waals surface area contributed by atoms with Gasteiger partial charge in [0, 0.05) is 23.3 Å². The molecule has 0 saturated heterocycles. The maximum atomic E-state index is 12.9. The summed E-state index contributed by atoms with van der Waals surface area (Å²) in [5, 5.41) is 5.47. The summed E-state index contributed by atoms with van der Waals surface area (Å²) in [5.74, 6) is 1.65. The van der Waals surface area contributed by atoms with Crippen molar-refractivity contribution in [2.24, 2.45) is 0 Å². The first kappa shape index (κ1) is 22.4. The van der Waals surface area contributed by atoms with Crippen LogP contribution in [0, 0.1) is 12.3 Å². The zero-order valence-electron chi connectivity index (χ0n) is 17.9. The van der Waals surface area contributed by atoms with Crippen molar-refractivity contribution < 1.29 is 18.8 Å². The van der Waals surface area contributed by atoms with Crippen molar-refractivity contribution in [2.45, 2.75) is 46.1 Å². The summed E-state index contributed by atoms with van der Waals surface area (Å²) in [6.45, 7) is 6.81. The van der Waals surface area contributed by atoms with E-state index in [-0.39, 0.29) is 12.3 Å². The highest BCUT2D eigenvalue weighted by atomic mass is 32.2. The highest BCUT2D eigenvalue weighted by Crippen LogP contribution is 2.39. The van der Waals surface area contributed by atoms with Gasteiger partial charge in [0.1, 0.15) is 5.76 Å². The van der Waals surface area contributed by atoms with E-state index >= 15 is 0 Å². The lowest BCUT2D eigenvalue weighted by molar-refractivity contribution is -0.136. The van der Waals surface area contributed by atoms with Gasteiger partial charge in [-0.2, -0.15) is 0 Å². The van der Waals surface area contributed by atoms with Crippen molar-refractivity contribution in [3.63, 3.8) is 0 Å². The molecule has 0 saturated carbocycles. The van der Waals surface area contributed by atoms with Gasteiger partial charge in [0.25, 0.3) is 11.8 Å². The second kappa shape index (κ2) is 8.86. The number of hydrogen-bond acceptors (Lipinski definition) is 5. The maximum Gasteiger partial charge on any atom is 0.293 e. The van der Waals surface area contributed by atoms with Crippen molar-refractivity contribution in [1.82, 2.24) is 10.6 Å². The zero-order chi connectivity index (χ0) is 22.8. The topological polar surface area (TPSA) is 88.4 Å². The Morgan fingerprint density at radius 2 is 2.00 bits per heavy atom. The molecule has 0 bridgehead atoms. The Labute approximate surface area is 185 Å². The smallest absolute Gasteiger partial charge is 0.293 e. The van der Waals surface area contributed by atoms with E-state index < -0.39 is 17.2 Å². The van der Waals surface area contributed by atoms with Crippen LogP contribution in [0.5, 0.6) is 0 Å². The van der Waals surface area contributed by atoms with Gasteiger partial charge in [0.05, 0.1) is 16.7 Å². The molecular formula is C24H24N2O4S. The number of ketones is 1. The number of amides is 2. The number of carbonyl (C=O) groups excluding carboxylic acids is 3. The molecule has 0 aromatic carbocycles. The minimum absolute atomic E-state index is 0.227. The van der Waals surface area contributed by atoms with Crippen LogP contribution in [0.3, 0.4) is 0 Å². The SMILES string of the molecule is C#CC(C)(C)NC(=O)C(=O)C1=C(C)SC(C(=O)NC2=Cc3ccoc3CC=C2)=C(C)C1. The molecule has 0 atom stereocenters. The third-order valence-corrected chi connectivity index (χ3v) is 6.22. The van der Waals surface area contributed by atoms with E-state index in [0.29, 0.717) is 27.5 Å². The Morgan fingerprint density at radius 1 is 1.26 bits per heavy atom. The molecule has 1 aromatic heterocycles. The van der Waals surface area contributed by atoms with E-state index in [9.17, 15) is 14.4 Å². The molecule has 0 unspecified atom stereocenters. The van der Waals surface area contributed by atoms with Crippen LogP contribution in [0.25, 0.3) is 6.08 Å². The van der Waals surface area contributed by atoms with Gasteiger partial charge in [-0.15, -0.1) is 6.42 Å². The monoisotopic (exact) mass is 436 g/mol. The summed E-state index contributed by atoms with van der Waals surface area (Å²) in [6.07, 6.45) is 13.5. The number of allylic oxidation sites excluding steroid dienone is 4. The van der Waals surface area contributed by atoms with Crippen molar-refractivity contribution in [1.29, 1.82) is 0 Å². The lowest BCUT2D eigenvalue weighted by Gasteiger charge is -2.23. The Balaban J connectivity index is 1.73. The standard InChI is InChI=1S/C24H24N2O4S/c1-6-24(4,5)26-22(28)20(27)18-12-14(2)21(31-15(18)3)23(29)25-17-8-7-9-19-16(13-17)10-11-30-19/h1,7-8,10-11,13H,9,12H2,2-5H3,(H,25,29)(H,26,28). The number of terminal acetylenes is 1. The summed E-state index contributed by atoms with van der Waals surface area (Å²) in [4.78, 5) is 39.1. The second-order valence-electron chi connectivity index (χ2n) is 7.94. The molecular weight excluding hydrogens is 412 g/mol. The molecule has 1 aliphatic heterocycles. The molecule has 0 radical (unpaired) electrons. The molecule has 3 rings (SSSR count). The molecule has 0 fully saturated rings. The van der Waals surface area contributed by atoms with E-state index in [1.807, 2.05) is 24.3 Å². The van der Waals surface area contributed by atoms with Crippen molar-refractivity contribution in [2.75, 3.05) is 0 Å². The van der Waals surface area contributed by atoms with Crippen molar-refractivity contribution >= 4 is 35.4 Å². The number of rotatable bonds is 5. The normalized spacial score (nSPS) is 16.2. The first-order chi connectivity index (χ1) is 14.6. The van der Waals surface area contributed by atoms with E-state index in [0.717, 1.165) is 16.9 Å². The lowest BCUT2D eigenvalue weighted by Crippen LogP contribution is -2.46. The predicted octanol–water partition coefficient (Wildman–Crippen LogP) is 3.63. The van der Waals surface area contributed by atoms with Crippen LogP contribution in [0.2, 0.25) is 0 Å². The van der Waals surface area contributed by atoms with Crippen LogP contribution in [-0.2, 0) is 20.8 Å². The Hall–Kier alpha value is -3.24. The third kappa shape index (κ3) is 5.09. The van der Waals surface area contributed by atoms with Crippen LogP contribution in [0.1, 0.15) is 45.4 Å². The molecule has 31 heavy (non-hydrogen) atoms. The number of hydrogen-bond donors (Lipinski definition) is 2. The van der Waals surface area contributed by atoms with Crippen molar-refractivity contribution in [3.05, 3.63) is 62.5 Å². The molecule has 2 aliphatic rings. The van der Waals surface area contributed by atoms with Gasteiger partial charge in [-0.1, -0.05) is 23.8 Å². The van der Waals surface area contributed by atoms with Gasteiger partial charge >= 0.3 is 0 Å². The van der Waals surface area contributed by atoms with Crippen LogP contribution in [-0.4, -0.2) is 23.1 Å². The Bertz CT molecular complexity index is 1120. The first-order valence-corrected chi connectivity index (χ1v) is 10.6. The average molecular weight is 437 g/mol. The van der Waals surface area contributed by atoms with Gasteiger partial charge < -0.3 is 15.1 Å². The summed E-state index contributed by atoms with van der Waals surface area (Å²) in [5.41, 5.74) is 1.76. The van der Waals surface area contributed by atoms with Gasteiger partial charge in [0.2, 0.25) is 5.78 Å². The van der Waals surface area contributed by atoms with Crippen molar-refractivity contribution in [3.8, 4) is 12.3 Å². The third-order valence-electron chi connectivity index (χ3n) is 4.93. The number of fused-ring (bicyclic) bond motifs is 1. The largest absolute Gasteiger partial charge is 0.468 e. The van der Waals surface area contributed by atoms with Crippen LogP contribution in [0.4, 0.5) is 0 Å². The number of furan rings is 1. The summed E-state index contributed by atoms with van der Waals surface area (Å²) >= 11 is 1.20. The second-order valence-corrected chi connectivity index (χ2v) is 9.16. The fourth-order valence-electron chi connectivity index (χ4n) is 3.18. The molecule has 7 heteroatoms. The van der Waals surface area contributed by atoms with Gasteiger partial charge in [-0.3, -0.25) is 14.4 Å². The van der Waals surface area contributed by atoms with E-state index in [4.69, 9.17) is 10.8 Å². The number of carbonyl (C=O) groups is 3. The molecule has 1 aliphatic carbocycles. The molecule has 2 heterocycles. The fraction of sp³-hybridized carbons (Fsp3) is 0.292. The molecule has 2 N–H and O–H groups in total. The molecule has 2 amide bonds. The molecule has 160 valence electrons. The summed E-state index contributed by atoms with van der Waals surface area (Å²) in [7, 11) is 0. The molecule has 0 spiro atoms. The summed E-state index contributed by atoms with van der Waals surface area (Å²) in [6, 6.07) is 1.85. The summed E-state index contributed by atoms with van der Waals surface area (Å²) < 4.78 is 5.42. The Kier molecular flexibility index (Phi) is 6.42. The number of nitrogens with one attached hydrogen (secondary N) is 2. The molecule has 1 aromatic rings. The minimum Gasteiger partial charge on any atom is -0.468 e. The molecule has 6 nitrogen and oxygen atoms in total. The highest BCUT2D eigenvalue weighted by Gasteiger charge is 2.30. The van der Waals surface area contributed by atoms with Crippen LogP contribution >= 0.6 is 11.8 Å². The van der Waals surface area contributed by atoms with E-state index in [2.05, 4.69) is 16.6 Å². The lowest BCUT2D eigenvalue weighted by atomic mass is 9.99. The highest BCUT2D eigenvalue weighted by molar-refractivity contribution is 8.07. The number of Topliss-reactive ketones (excluding diaryl/α,β-unsaturated/α-hetero) is 1. The first-order valence-electron chi connectivity index (χ1n) is 9.79. The van der Waals surface area contributed by atoms with Gasteiger partial charge in [-0.05, 0) is 62.8 Å². The average Bonchev–Trinajstić information content (AvgIpc) is 3.06. The van der Waals surface area contributed by atoms with Gasteiger partial charge in [-0.25, -0.2) is 0 Å². The Morgan fingerprint density at radius 3 is 2.71 bits per heavy atom. The van der Waals surface area contributed by atoms with E-state index in [1.165, 1.54) is 11.8 Å². The van der Waals surface area contributed by atoms with Crippen LogP contribution < -0.4 is 10.6 Å². The predicted molar refractivity (Wildman–Crippen MR) is 121 cm³/mol. The minimum atomic E-state index is -0.923. The van der Waals surface area contributed by atoms with E-state index in [1.54, 1.807) is 34.0 Å². The van der Waals surface area contributed by atoms with Gasteiger partial charge in [0.15, 0.2) is 0 Å². The zero-order valence-corrected chi connectivity index (χ0v) is 18.7. The quantitative estimate of drug-likeness (QED) is 0.544. The van der Waals surface area contributed by atoms with Crippen LogP contribution in [0.15, 0.2) is 55.6 Å². The maximum absolute atomic E-state index is 12.9. The number of thioether (sulfide) groups is 1.